The van der Waals surface area contributed by atoms with Crippen LogP contribution >= 0.6 is 0 Å². The molecular weight excluding hydrogens is 325 g/mol. The largest absolute Gasteiger partial charge is 0.462 e. The molecule has 0 heterocycles. The zero-order valence-corrected chi connectivity index (χ0v) is 12.6. The third-order valence-corrected chi connectivity index (χ3v) is 3.05. The van der Waals surface area contributed by atoms with E-state index in [1.807, 2.05) is 0 Å². The Labute approximate surface area is 135 Å². The van der Waals surface area contributed by atoms with Gasteiger partial charge < -0.3 is 9.47 Å². The lowest BCUT2D eigenvalue weighted by atomic mass is 10.1. The van der Waals surface area contributed by atoms with Crippen LogP contribution in [0.15, 0.2) is 36.4 Å². The Morgan fingerprint density at radius 3 is 1.79 bits per heavy atom. The van der Waals surface area contributed by atoms with E-state index in [-0.39, 0.29) is 23.3 Å². The molecule has 0 fully saturated rings. The first-order valence-electron chi connectivity index (χ1n) is 7.00. The number of rotatable bonds is 5. The fourth-order valence-corrected chi connectivity index (χ4v) is 1.88. The van der Waals surface area contributed by atoms with Gasteiger partial charge in [-0.1, -0.05) is 0 Å². The van der Waals surface area contributed by atoms with Gasteiger partial charge in [0.25, 0.3) is 0 Å². The summed E-state index contributed by atoms with van der Waals surface area (Å²) in [6, 6.07) is 7.00. The molecule has 7 heteroatoms. The molecule has 0 aromatic heterocycles. The van der Waals surface area contributed by atoms with Crippen LogP contribution in [0.3, 0.4) is 0 Å². The smallest absolute Gasteiger partial charge is 0.338 e. The number of esters is 2. The molecule has 2 aromatic rings. The molecule has 0 aliphatic carbocycles. The molecular formula is C17H13F3O4. The SMILES string of the molecule is CCOC(=O)c1ccc(C(=O)OCc2cc(F)c(F)c(F)c2)cc1. The molecule has 0 aliphatic rings. The minimum Gasteiger partial charge on any atom is -0.462 e. The summed E-state index contributed by atoms with van der Waals surface area (Å²) in [5, 5.41) is 0. The van der Waals surface area contributed by atoms with E-state index in [1.165, 1.54) is 24.3 Å². The first-order valence-corrected chi connectivity index (χ1v) is 7.00. The topological polar surface area (TPSA) is 52.6 Å². The van der Waals surface area contributed by atoms with Gasteiger partial charge >= 0.3 is 11.9 Å². The second kappa shape index (κ2) is 7.63. The second-order valence-electron chi connectivity index (χ2n) is 4.75. The van der Waals surface area contributed by atoms with Crippen molar-refractivity contribution in [1.82, 2.24) is 0 Å². The predicted octanol–water partition coefficient (Wildman–Crippen LogP) is 3.64. The molecule has 0 atom stereocenters. The van der Waals surface area contributed by atoms with Crippen molar-refractivity contribution in [3.63, 3.8) is 0 Å². The highest BCUT2D eigenvalue weighted by molar-refractivity contribution is 5.93. The molecule has 0 aliphatic heterocycles. The summed E-state index contributed by atoms with van der Waals surface area (Å²) in [5.41, 5.74) is 0.394. The molecule has 0 N–H and O–H groups in total. The van der Waals surface area contributed by atoms with Gasteiger partial charge in [0.15, 0.2) is 17.5 Å². The van der Waals surface area contributed by atoms with Gasteiger partial charge in [-0.2, -0.15) is 0 Å². The Kier molecular flexibility index (Phi) is 5.57. The molecule has 0 radical (unpaired) electrons. The van der Waals surface area contributed by atoms with E-state index < -0.39 is 36.0 Å². The Balaban J connectivity index is 2.01. The predicted molar refractivity (Wildman–Crippen MR) is 77.8 cm³/mol. The fraction of sp³-hybridized carbons (Fsp3) is 0.176. The van der Waals surface area contributed by atoms with Gasteiger partial charge in [-0.3, -0.25) is 0 Å². The number of ether oxygens (including phenoxy) is 2. The summed E-state index contributed by atoms with van der Waals surface area (Å²) in [7, 11) is 0. The average Bonchev–Trinajstić information content (AvgIpc) is 2.57. The summed E-state index contributed by atoms with van der Waals surface area (Å²) in [6.45, 7) is 1.48. The minimum atomic E-state index is -1.58. The maximum atomic E-state index is 13.1. The van der Waals surface area contributed by atoms with Crippen LogP contribution in [0.25, 0.3) is 0 Å². The van der Waals surface area contributed by atoms with Gasteiger partial charge in [-0.15, -0.1) is 0 Å². The normalized spacial score (nSPS) is 10.3. The molecule has 24 heavy (non-hydrogen) atoms. The van der Waals surface area contributed by atoms with Gasteiger partial charge in [-0.05, 0) is 48.9 Å². The maximum Gasteiger partial charge on any atom is 0.338 e. The van der Waals surface area contributed by atoms with Crippen LogP contribution in [0.2, 0.25) is 0 Å². The van der Waals surface area contributed by atoms with Crippen LogP contribution in [0.5, 0.6) is 0 Å². The van der Waals surface area contributed by atoms with Crippen molar-refractivity contribution in [2.45, 2.75) is 13.5 Å². The zero-order chi connectivity index (χ0) is 17.7. The van der Waals surface area contributed by atoms with Crippen molar-refractivity contribution in [1.29, 1.82) is 0 Å². The second-order valence-corrected chi connectivity index (χ2v) is 4.75. The van der Waals surface area contributed by atoms with Gasteiger partial charge in [0.2, 0.25) is 0 Å². The molecule has 0 bridgehead atoms. The molecule has 2 rings (SSSR count). The van der Waals surface area contributed by atoms with Crippen LogP contribution in [-0.4, -0.2) is 18.5 Å². The van der Waals surface area contributed by atoms with Gasteiger partial charge in [0.1, 0.15) is 6.61 Å². The zero-order valence-electron chi connectivity index (χ0n) is 12.6. The van der Waals surface area contributed by atoms with E-state index in [0.717, 1.165) is 12.1 Å². The fourth-order valence-electron chi connectivity index (χ4n) is 1.88. The quantitative estimate of drug-likeness (QED) is 0.617. The molecule has 2 aromatic carbocycles. The number of carbonyl (C=O) groups is 2. The lowest BCUT2D eigenvalue weighted by Gasteiger charge is -2.07. The average molecular weight is 338 g/mol. The highest BCUT2D eigenvalue weighted by Gasteiger charge is 2.13. The van der Waals surface area contributed by atoms with Gasteiger partial charge in [0.05, 0.1) is 17.7 Å². The van der Waals surface area contributed by atoms with Crippen LogP contribution in [0, 0.1) is 17.5 Å². The molecule has 0 spiro atoms. The highest BCUT2D eigenvalue weighted by Crippen LogP contribution is 2.15. The Hall–Kier alpha value is -2.83. The van der Waals surface area contributed by atoms with Crippen molar-refractivity contribution in [2.75, 3.05) is 6.61 Å². The van der Waals surface area contributed by atoms with Crippen molar-refractivity contribution in [2.24, 2.45) is 0 Å². The summed E-state index contributed by atoms with van der Waals surface area (Å²) in [6.07, 6.45) is 0. The first kappa shape index (κ1) is 17.5. The molecule has 126 valence electrons. The Morgan fingerprint density at radius 2 is 1.33 bits per heavy atom. The third kappa shape index (κ3) is 4.13. The summed E-state index contributed by atoms with van der Waals surface area (Å²) in [5.74, 6) is -5.58. The number of hydrogen-bond donors (Lipinski definition) is 0. The summed E-state index contributed by atoms with van der Waals surface area (Å²) >= 11 is 0. The maximum absolute atomic E-state index is 13.1. The minimum absolute atomic E-state index is 0.0251. The van der Waals surface area contributed by atoms with Gasteiger partial charge in [0, 0.05) is 0 Å². The molecule has 0 unspecified atom stereocenters. The highest BCUT2D eigenvalue weighted by atomic mass is 19.2. The number of halogens is 3. The summed E-state index contributed by atoms with van der Waals surface area (Å²) < 4.78 is 48.7. The van der Waals surface area contributed by atoms with E-state index in [0.29, 0.717) is 0 Å². The van der Waals surface area contributed by atoms with Crippen molar-refractivity contribution in [3.8, 4) is 0 Å². The first-order chi connectivity index (χ1) is 11.4. The van der Waals surface area contributed by atoms with Crippen molar-refractivity contribution in [3.05, 3.63) is 70.5 Å². The Bertz CT molecular complexity index is 734. The van der Waals surface area contributed by atoms with Crippen molar-refractivity contribution >= 4 is 11.9 Å². The van der Waals surface area contributed by atoms with Gasteiger partial charge in [-0.25, -0.2) is 22.8 Å². The van der Waals surface area contributed by atoms with E-state index in [4.69, 9.17) is 9.47 Å². The number of carbonyl (C=O) groups excluding carboxylic acids is 2. The Morgan fingerprint density at radius 1 is 0.875 bits per heavy atom. The third-order valence-electron chi connectivity index (χ3n) is 3.05. The molecule has 0 amide bonds. The van der Waals surface area contributed by atoms with E-state index in [9.17, 15) is 22.8 Å². The molecule has 0 saturated heterocycles. The molecule has 0 saturated carbocycles. The monoisotopic (exact) mass is 338 g/mol. The van der Waals surface area contributed by atoms with Crippen LogP contribution in [-0.2, 0) is 16.1 Å². The van der Waals surface area contributed by atoms with E-state index in [1.54, 1.807) is 6.92 Å². The molecule has 4 nitrogen and oxygen atoms in total. The van der Waals surface area contributed by atoms with E-state index >= 15 is 0 Å². The van der Waals surface area contributed by atoms with Crippen molar-refractivity contribution < 1.29 is 32.2 Å². The lowest BCUT2D eigenvalue weighted by Crippen LogP contribution is -2.08. The van der Waals surface area contributed by atoms with E-state index in [2.05, 4.69) is 0 Å². The van der Waals surface area contributed by atoms with Crippen LogP contribution in [0.1, 0.15) is 33.2 Å². The van der Waals surface area contributed by atoms with Crippen LogP contribution in [0.4, 0.5) is 13.2 Å². The lowest BCUT2D eigenvalue weighted by molar-refractivity contribution is 0.0468. The number of benzene rings is 2. The standard InChI is InChI=1S/C17H13F3O4/c1-2-23-16(21)11-3-5-12(6-4-11)17(22)24-9-10-7-13(18)15(20)14(19)8-10/h3-8H,2,9H2,1H3. The van der Waals surface area contributed by atoms with Crippen LogP contribution < -0.4 is 0 Å². The number of hydrogen-bond acceptors (Lipinski definition) is 4. The summed E-state index contributed by atoms with van der Waals surface area (Å²) in [4.78, 5) is 23.3.